The standard InChI is InChI=1S/C18H15BrF2N2O2/c1-23-14-5-3-2-4-12(14)16(19)17(23)18(25)22-9-15(24)11-7-6-10(20)8-13(11)21/h2-8,15,24H,9H2,1H3,(H,22,25). The third-order valence-electron chi connectivity index (χ3n) is 4.04. The minimum atomic E-state index is -1.28. The third-order valence-corrected chi connectivity index (χ3v) is 4.84. The molecule has 7 heteroatoms. The quantitative estimate of drug-likeness (QED) is 0.691. The number of nitrogens with one attached hydrogen (secondary N) is 1. The van der Waals surface area contributed by atoms with E-state index in [2.05, 4.69) is 21.2 Å². The second-order valence-electron chi connectivity index (χ2n) is 5.63. The van der Waals surface area contributed by atoms with Crippen molar-refractivity contribution in [2.75, 3.05) is 6.54 Å². The Morgan fingerprint density at radius 2 is 2.00 bits per heavy atom. The molecule has 2 N–H and O–H groups in total. The van der Waals surface area contributed by atoms with Crippen molar-refractivity contribution in [1.82, 2.24) is 9.88 Å². The first-order valence-electron chi connectivity index (χ1n) is 7.54. The van der Waals surface area contributed by atoms with E-state index in [0.29, 0.717) is 16.2 Å². The summed E-state index contributed by atoms with van der Waals surface area (Å²) in [7, 11) is 1.76. The molecule has 2 aromatic carbocycles. The van der Waals surface area contributed by atoms with E-state index in [4.69, 9.17) is 0 Å². The molecule has 0 aliphatic carbocycles. The van der Waals surface area contributed by atoms with Gasteiger partial charge >= 0.3 is 0 Å². The highest BCUT2D eigenvalue weighted by atomic mass is 79.9. The van der Waals surface area contributed by atoms with Crippen LogP contribution >= 0.6 is 15.9 Å². The van der Waals surface area contributed by atoms with E-state index in [0.717, 1.165) is 23.0 Å². The summed E-state index contributed by atoms with van der Waals surface area (Å²) in [5.74, 6) is -1.99. The first-order valence-corrected chi connectivity index (χ1v) is 8.33. The fraction of sp³-hybridized carbons (Fsp3) is 0.167. The van der Waals surface area contributed by atoms with Crippen LogP contribution in [-0.4, -0.2) is 22.1 Å². The van der Waals surface area contributed by atoms with Gasteiger partial charge in [0.1, 0.15) is 17.3 Å². The lowest BCUT2D eigenvalue weighted by Crippen LogP contribution is -2.30. The van der Waals surface area contributed by atoms with E-state index < -0.39 is 23.6 Å². The van der Waals surface area contributed by atoms with Crippen molar-refractivity contribution < 1.29 is 18.7 Å². The smallest absolute Gasteiger partial charge is 0.269 e. The summed E-state index contributed by atoms with van der Waals surface area (Å²) in [5, 5.41) is 13.5. The van der Waals surface area contributed by atoms with Gasteiger partial charge in [-0.2, -0.15) is 0 Å². The fourth-order valence-corrected chi connectivity index (χ4v) is 3.54. The van der Waals surface area contributed by atoms with Crippen LogP contribution in [0.3, 0.4) is 0 Å². The van der Waals surface area contributed by atoms with Gasteiger partial charge in [-0.1, -0.05) is 24.3 Å². The zero-order valence-corrected chi connectivity index (χ0v) is 14.8. The normalized spacial score (nSPS) is 12.4. The Labute approximate surface area is 151 Å². The van der Waals surface area contributed by atoms with Crippen LogP contribution in [0.2, 0.25) is 0 Å². The number of benzene rings is 2. The highest BCUT2D eigenvalue weighted by Crippen LogP contribution is 2.30. The Hall–Kier alpha value is -2.25. The molecule has 25 heavy (non-hydrogen) atoms. The van der Waals surface area contributed by atoms with Gasteiger partial charge in [0, 0.05) is 36.1 Å². The van der Waals surface area contributed by atoms with E-state index in [-0.39, 0.29) is 12.1 Å². The third kappa shape index (κ3) is 3.29. The molecule has 1 heterocycles. The number of halogens is 3. The van der Waals surface area contributed by atoms with Gasteiger partial charge < -0.3 is 15.0 Å². The van der Waals surface area contributed by atoms with Crippen molar-refractivity contribution in [2.45, 2.75) is 6.10 Å². The number of para-hydroxylation sites is 1. The van der Waals surface area contributed by atoms with E-state index >= 15 is 0 Å². The molecule has 1 unspecified atom stereocenters. The van der Waals surface area contributed by atoms with Crippen LogP contribution in [0.25, 0.3) is 10.9 Å². The Morgan fingerprint density at radius 3 is 2.68 bits per heavy atom. The number of carbonyl (C=O) groups is 1. The largest absolute Gasteiger partial charge is 0.386 e. The predicted molar refractivity (Wildman–Crippen MR) is 94.3 cm³/mol. The predicted octanol–water partition coefficient (Wildman–Crippen LogP) is 3.68. The molecular formula is C18H15BrF2N2O2. The Morgan fingerprint density at radius 1 is 1.28 bits per heavy atom. The summed E-state index contributed by atoms with van der Waals surface area (Å²) < 4.78 is 29.0. The maximum absolute atomic E-state index is 13.7. The maximum Gasteiger partial charge on any atom is 0.269 e. The van der Waals surface area contributed by atoms with Gasteiger partial charge in [0.2, 0.25) is 0 Å². The second kappa shape index (κ2) is 6.93. The number of aryl methyl sites for hydroxylation is 1. The van der Waals surface area contributed by atoms with Crippen molar-refractivity contribution in [3.63, 3.8) is 0 Å². The highest BCUT2D eigenvalue weighted by Gasteiger charge is 2.21. The molecule has 0 fully saturated rings. The molecule has 130 valence electrons. The maximum atomic E-state index is 13.7. The summed E-state index contributed by atoms with van der Waals surface area (Å²) >= 11 is 3.43. The molecule has 0 radical (unpaired) electrons. The number of aliphatic hydroxyl groups is 1. The van der Waals surface area contributed by atoms with Crippen molar-refractivity contribution >= 4 is 32.7 Å². The van der Waals surface area contributed by atoms with Crippen LogP contribution < -0.4 is 5.32 Å². The molecule has 4 nitrogen and oxygen atoms in total. The average Bonchev–Trinajstić information content (AvgIpc) is 2.84. The number of aromatic nitrogens is 1. The van der Waals surface area contributed by atoms with Gasteiger partial charge in [0.25, 0.3) is 5.91 Å². The lowest BCUT2D eigenvalue weighted by Gasteiger charge is -2.14. The number of fused-ring (bicyclic) bond motifs is 1. The monoisotopic (exact) mass is 408 g/mol. The van der Waals surface area contributed by atoms with Crippen LogP contribution in [0.15, 0.2) is 46.9 Å². The minimum absolute atomic E-state index is 0.0715. The number of rotatable bonds is 4. The average molecular weight is 409 g/mol. The van der Waals surface area contributed by atoms with E-state index in [9.17, 15) is 18.7 Å². The molecule has 3 rings (SSSR count). The van der Waals surface area contributed by atoms with Crippen LogP contribution in [0, 0.1) is 11.6 Å². The van der Waals surface area contributed by atoms with Crippen LogP contribution in [0.1, 0.15) is 22.2 Å². The second-order valence-corrected chi connectivity index (χ2v) is 6.42. The van der Waals surface area contributed by atoms with Gasteiger partial charge in [-0.15, -0.1) is 0 Å². The van der Waals surface area contributed by atoms with Crippen molar-refractivity contribution in [1.29, 1.82) is 0 Å². The molecule has 1 amide bonds. The van der Waals surface area contributed by atoms with E-state index in [1.165, 1.54) is 0 Å². The number of amides is 1. The summed E-state index contributed by atoms with van der Waals surface area (Å²) in [6.07, 6.45) is -1.28. The van der Waals surface area contributed by atoms with E-state index in [1.807, 2.05) is 24.3 Å². The summed E-state index contributed by atoms with van der Waals surface area (Å²) in [4.78, 5) is 12.5. The van der Waals surface area contributed by atoms with Gasteiger partial charge in [-0.3, -0.25) is 4.79 Å². The van der Waals surface area contributed by atoms with Crippen LogP contribution in [-0.2, 0) is 7.05 Å². The molecule has 0 aliphatic rings. The highest BCUT2D eigenvalue weighted by molar-refractivity contribution is 9.10. The van der Waals surface area contributed by atoms with Crippen LogP contribution in [0.4, 0.5) is 8.78 Å². The molecule has 0 aliphatic heterocycles. The molecule has 3 aromatic rings. The fourth-order valence-electron chi connectivity index (χ4n) is 2.75. The van der Waals surface area contributed by atoms with Crippen molar-refractivity contribution in [3.8, 4) is 0 Å². The molecule has 0 bridgehead atoms. The molecule has 1 aromatic heterocycles. The summed E-state index contributed by atoms with van der Waals surface area (Å²) in [6.45, 7) is -0.199. The first-order chi connectivity index (χ1) is 11.9. The zero-order chi connectivity index (χ0) is 18.1. The Balaban J connectivity index is 1.79. The lowest BCUT2D eigenvalue weighted by atomic mass is 10.1. The summed E-state index contributed by atoms with van der Waals surface area (Å²) in [5.41, 5.74) is 1.20. The number of hydrogen-bond donors (Lipinski definition) is 2. The molecule has 0 saturated heterocycles. The van der Waals surface area contributed by atoms with Crippen LogP contribution in [0.5, 0.6) is 0 Å². The van der Waals surface area contributed by atoms with Gasteiger partial charge in [-0.25, -0.2) is 8.78 Å². The number of hydrogen-bond acceptors (Lipinski definition) is 2. The van der Waals surface area contributed by atoms with Crippen molar-refractivity contribution in [2.24, 2.45) is 7.05 Å². The van der Waals surface area contributed by atoms with Gasteiger partial charge in [0.15, 0.2) is 0 Å². The number of aliphatic hydroxyl groups excluding tert-OH is 1. The molecule has 0 spiro atoms. The lowest BCUT2D eigenvalue weighted by molar-refractivity contribution is 0.0905. The minimum Gasteiger partial charge on any atom is -0.386 e. The topological polar surface area (TPSA) is 54.3 Å². The first kappa shape index (κ1) is 17.6. The number of nitrogens with zero attached hydrogens (tertiary/aromatic N) is 1. The van der Waals surface area contributed by atoms with Crippen molar-refractivity contribution in [3.05, 3.63) is 69.8 Å². The van der Waals surface area contributed by atoms with E-state index in [1.54, 1.807) is 11.6 Å². The molecule has 1 atom stereocenters. The number of carbonyl (C=O) groups excluding carboxylic acids is 1. The van der Waals surface area contributed by atoms with Gasteiger partial charge in [-0.05, 0) is 28.1 Å². The Kier molecular flexibility index (Phi) is 4.87. The summed E-state index contributed by atoms with van der Waals surface area (Å²) in [6, 6.07) is 10.4. The molecular weight excluding hydrogens is 394 g/mol. The van der Waals surface area contributed by atoms with Gasteiger partial charge in [0.05, 0.1) is 10.6 Å². The molecule has 0 saturated carbocycles. The SMILES string of the molecule is Cn1c(C(=O)NCC(O)c2ccc(F)cc2F)c(Br)c2ccccc21. The zero-order valence-electron chi connectivity index (χ0n) is 13.3. The Bertz CT molecular complexity index is 917.